The largest absolute Gasteiger partial charge is 0.393 e. The Bertz CT molecular complexity index is 755. The number of hydrogen-bond donors (Lipinski definition) is 5. The van der Waals surface area contributed by atoms with Crippen molar-refractivity contribution in [1.29, 1.82) is 0 Å². The Kier molecular flexibility index (Phi) is 6.62. The smallest absolute Gasteiger partial charge is 0.139 e. The lowest BCUT2D eigenvalue weighted by Gasteiger charge is -2.65. The van der Waals surface area contributed by atoms with Crippen LogP contribution in [-0.2, 0) is 4.79 Å². The first-order valence-electron chi connectivity index (χ1n) is 13.2. The molecule has 190 valence electrons. The molecule has 0 aromatic heterocycles. The molecule has 0 aromatic rings. The maximum atomic E-state index is 13.5. The number of carbonyl (C=O) groups is 1. The average Bonchev–Trinajstić information content (AvgIpc) is 3.00. The molecule has 4 saturated carbocycles. The average molecular weight is 467 g/mol. The Balaban J connectivity index is 1.62. The monoisotopic (exact) mass is 466 g/mol. The summed E-state index contributed by atoms with van der Waals surface area (Å²) in [5.41, 5.74) is -2.14. The van der Waals surface area contributed by atoms with E-state index in [4.69, 9.17) is 0 Å². The maximum absolute atomic E-state index is 13.5. The van der Waals surface area contributed by atoms with E-state index in [2.05, 4.69) is 13.8 Å². The van der Waals surface area contributed by atoms with Crippen LogP contribution in [0.3, 0.4) is 0 Å². The Morgan fingerprint density at radius 2 is 1.61 bits per heavy atom. The van der Waals surface area contributed by atoms with E-state index in [1.807, 2.05) is 20.8 Å². The number of fused-ring (bicyclic) bond motifs is 5. The molecule has 12 atom stereocenters. The van der Waals surface area contributed by atoms with Gasteiger partial charge in [0, 0.05) is 18.8 Å². The van der Waals surface area contributed by atoms with Gasteiger partial charge in [0.15, 0.2) is 0 Å². The van der Waals surface area contributed by atoms with Gasteiger partial charge in [-0.1, -0.05) is 34.6 Å². The quantitative estimate of drug-likeness (QED) is 0.425. The van der Waals surface area contributed by atoms with Crippen molar-refractivity contribution >= 4 is 5.78 Å². The number of Topliss-reactive ketones (excluding diaryl/α,β-unsaturated/α-hetero) is 1. The molecular weight excluding hydrogens is 420 g/mol. The summed E-state index contributed by atoms with van der Waals surface area (Å²) in [5, 5.41) is 54.7. The number of hydrogen-bond acceptors (Lipinski definition) is 6. The van der Waals surface area contributed by atoms with Gasteiger partial charge in [-0.3, -0.25) is 4.79 Å². The molecule has 0 aliphatic heterocycles. The molecule has 4 rings (SSSR count). The first-order valence-corrected chi connectivity index (χ1v) is 13.2. The van der Waals surface area contributed by atoms with Gasteiger partial charge in [0.05, 0.1) is 35.9 Å². The van der Waals surface area contributed by atoms with Gasteiger partial charge < -0.3 is 25.5 Å². The highest BCUT2D eigenvalue weighted by atomic mass is 16.3. The molecule has 0 radical (unpaired) electrons. The van der Waals surface area contributed by atoms with Gasteiger partial charge in [-0.25, -0.2) is 0 Å². The molecule has 5 N–H and O–H groups in total. The van der Waals surface area contributed by atoms with Crippen LogP contribution in [0.4, 0.5) is 0 Å². The lowest BCUT2D eigenvalue weighted by molar-refractivity contribution is -0.269. The normalized spacial score (nSPS) is 51.6. The minimum atomic E-state index is -1.29. The fourth-order valence-corrected chi connectivity index (χ4v) is 9.18. The SMILES string of the molecule is CC(C)[C@@H](O)CC[C@@H](C)[C@H]1CC(=O)[C@@H]2[C@]1(C)CC[C@H]1[C@@]2(O)C[C@H](O)C2[C@@H](O)[C@@H](O)CC[C@@]21C. The Morgan fingerprint density at radius 3 is 2.24 bits per heavy atom. The summed E-state index contributed by atoms with van der Waals surface area (Å²) in [4.78, 5) is 13.5. The van der Waals surface area contributed by atoms with Gasteiger partial charge >= 0.3 is 0 Å². The third-order valence-electron chi connectivity index (χ3n) is 10.9. The molecule has 33 heavy (non-hydrogen) atoms. The van der Waals surface area contributed by atoms with Crippen LogP contribution in [0.15, 0.2) is 0 Å². The Morgan fingerprint density at radius 1 is 0.970 bits per heavy atom. The number of carbonyl (C=O) groups excluding carboxylic acids is 1. The molecule has 4 aliphatic rings. The molecule has 4 fully saturated rings. The predicted octanol–water partition coefficient (Wildman–Crippen LogP) is 2.67. The highest BCUT2D eigenvalue weighted by Crippen LogP contribution is 2.69. The fourth-order valence-electron chi connectivity index (χ4n) is 9.18. The van der Waals surface area contributed by atoms with Crippen molar-refractivity contribution in [2.45, 2.75) is 116 Å². The molecule has 0 spiro atoms. The molecule has 4 aliphatic carbocycles. The van der Waals surface area contributed by atoms with E-state index in [-0.39, 0.29) is 47.4 Å². The van der Waals surface area contributed by atoms with E-state index in [1.165, 1.54) is 0 Å². The summed E-state index contributed by atoms with van der Waals surface area (Å²) in [6.07, 6.45) is 1.64. The van der Waals surface area contributed by atoms with E-state index in [0.29, 0.717) is 19.3 Å². The molecule has 6 nitrogen and oxygen atoms in total. The second-order valence-electron chi connectivity index (χ2n) is 13.1. The zero-order valence-corrected chi connectivity index (χ0v) is 21.1. The van der Waals surface area contributed by atoms with Gasteiger partial charge in [-0.2, -0.15) is 0 Å². The molecule has 0 heterocycles. The summed E-state index contributed by atoms with van der Waals surface area (Å²) >= 11 is 0. The first kappa shape index (κ1) is 25.6. The second-order valence-corrected chi connectivity index (χ2v) is 13.1. The van der Waals surface area contributed by atoms with Crippen molar-refractivity contribution in [1.82, 2.24) is 0 Å². The van der Waals surface area contributed by atoms with Gasteiger partial charge in [0.25, 0.3) is 0 Å². The maximum Gasteiger partial charge on any atom is 0.139 e. The highest BCUT2D eigenvalue weighted by Gasteiger charge is 2.71. The summed E-state index contributed by atoms with van der Waals surface area (Å²) < 4.78 is 0. The van der Waals surface area contributed by atoms with Crippen LogP contribution >= 0.6 is 0 Å². The zero-order valence-electron chi connectivity index (χ0n) is 21.1. The van der Waals surface area contributed by atoms with Gasteiger partial charge in [-0.15, -0.1) is 0 Å². The van der Waals surface area contributed by atoms with Crippen LogP contribution < -0.4 is 0 Å². The molecule has 0 aromatic carbocycles. The summed E-state index contributed by atoms with van der Waals surface area (Å²) in [6, 6.07) is 0. The minimum absolute atomic E-state index is 0.0842. The van der Waals surface area contributed by atoms with Gasteiger partial charge in [-0.05, 0) is 73.0 Å². The molecule has 6 heteroatoms. The number of ketones is 1. The molecule has 1 unspecified atom stereocenters. The van der Waals surface area contributed by atoms with E-state index in [0.717, 1.165) is 25.7 Å². The predicted molar refractivity (Wildman–Crippen MR) is 125 cm³/mol. The van der Waals surface area contributed by atoms with Crippen LogP contribution in [0.1, 0.15) is 86.0 Å². The van der Waals surface area contributed by atoms with Gasteiger partial charge in [0.1, 0.15) is 5.78 Å². The summed E-state index contributed by atoms with van der Waals surface area (Å²) in [5.74, 6) is -0.441. The van der Waals surface area contributed by atoms with Gasteiger partial charge in [0.2, 0.25) is 0 Å². The Labute approximate surface area is 198 Å². The molecule has 0 amide bonds. The van der Waals surface area contributed by atoms with E-state index < -0.39 is 41.2 Å². The van der Waals surface area contributed by atoms with Crippen LogP contribution in [0.5, 0.6) is 0 Å². The third kappa shape index (κ3) is 3.74. The lowest BCUT2D eigenvalue weighted by Crippen LogP contribution is -2.70. The Hall–Kier alpha value is -0.530. The van der Waals surface area contributed by atoms with Crippen molar-refractivity contribution in [3.63, 3.8) is 0 Å². The number of aliphatic hydroxyl groups is 5. The first-order chi connectivity index (χ1) is 15.3. The summed E-state index contributed by atoms with van der Waals surface area (Å²) in [7, 11) is 0. The number of aliphatic hydroxyl groups excluding tert-OH is 4. The molecular formula is C27H46O6. The van der Waals surface area contributed by atoms with Crippen LogP contribution in [-0.4, -0.2) is 61.3 Å². The second kappa shape index (κ2) is 8.55. The van der Waals surface area contributed by atoms with Crippen molar-refractivity contribution in [2.75, 3.05) is 0 Å². The van der Waals surface area contributed by atoms with Crippen molar-refractivity contribution < 1.29 is 30.3 Å². The van der Waals surface area contributed by atoms with Crippen LogP contribution in [0, 0.1) is 46.3 Å². The van der Waals surface area contributed by atoms with Crippen LogP contribution in [0.2, 0.25) is 0 Å². The topological polar surface area (TPSA) is 118 Å². The standard InChI is InChI=1S/C27H46O6/c1-14(2)17(28)7-6-15(3)16-12-19(30)24-25(16,4)11-9-21-26(5)10-8-18(29)23(32)22(26)20(31)13-27(21,24)33/h14-18,20-24,28-29,31-33H,6-13H2,1-5H3/t15-,16-,17+,18+,20+,21-,22?,23+,24-,25-,26-,27+/m1/s1. The molecule has 0 bridgehead atoms. The lowest BCUT2D eigenvalue weighted by atomic mass is 9.41. The van der Waals surface area contributed by atoms with Crippen molar-refractivity contribution in [3.8, 4) is 0 Å². The molecule has 0 saturated heterocycles. The van der Waals surface area contributed by atoms with E-state index in [1.54, 1.807) is 0 Å². The summed E-state index contributed by atoms with van der Waals surface area (Å²) in [6.45, 7) is 10.4. The van der Waals surface area contributed by atoms with Crippen molar-refractivity contribution in [2.24, 2.45) is 46.3 Å². The highest BCUT2D eigenvalue weighted by molar-refractivity contribution is 5.86. The fraction of sp³-hybridized carbons (Fsp3) is 0.963. The number of rotatable bonds is 5. The van der Waals surface area contributed by atoms with Crippen molar-refractivity contribution in [3.05, 3.63) is 0 Å². The minimum Gasteiger partial charge on any atom is -0.393 e. The third-order valence-corrected chi connectivity index (χ3v) is 10.9. The van der Waals surface area contributed by atoms with E-state index >= 15 is 0 Å². The van der Waals surface area contributed by atoms with E-state index in [9.17, 15) is 30.3 Å². The van der Waals surface area contributed by atoms with Crippen LogP contribution in [0.25, 0.3) is 0 Å². The zero-order chi connectivity index (χ0) is 24.5.